The maximum atomic E-state index is 5.55. The third kappa shape index (κ3) is 1.27. The summed E-state index contributed by atoms with van der Waals surface area (Å²) >= 11 is 0. The van der Waals surface area contributed by atoms with Gasteiger partial charge in [-0.2, -0.15) is 0 Å². The first kappa shape index (κ1) is 9.46. The van der Waals surface area contributed by atoms with Gasteiger partial charge in [0.05, 0.1) is 6.26 Å². The van der Waals surface area contributed by atoms with Gasteiger partial charge in [0.1, 0.15) is 5.76 Å². The van der Waals surface area contributed by atoms with E-state index in [-0.39, 0.29) is 0 Å². The molecule has 1 atom stereocenters. The van der Waals surface area contributed by atoms with Crippen LogP contribution in [0.15, 0.2) is 16.7 Å². The molecule has 0 amide bonds. The van der Waals surface area contributed by atoms with Crippen molar-refractivity contribution >= 4 is 0 Å². The lowest BCUT2D eigenvalue weighted by molar-refractivity contribution is 0.0636. The zero-order valence-electron chi connectivity index (χ0n) is 9.38. The Morgan fingerprint density at radius 3 is 3.07 bits per heavy atom. The summed E-state index contributed by atoms with van der Waals surface area (Å²) in [6.07, 6.45) is 8.36. The van der Waals surface area contributed by atoms with Crippen LogP contribution in [0.3, 0.4) is 0 Å². The molecule has 3 rings (SSSR count). The van der Waals surface area contributed by atoms with Gasteiger partial charge in [-0.05, 0) is 30.7 Å². The van der Waals surface area contributed by atoms with Gasteiger partial charge in [-0.1, -0.05) is 13.3 Å². The maximum Gasteiger partial charge on any atom is 0.109 e. The van der Waals surface area contributed by atoms with Gasteiger partial charge in [0, 0.05) is 24.6 Å². The Kier molecular flexibility index (Phi) is 2.13. The average molecular weight is 205 g/mol. The number of hydrogen-bond acceptors (Lipinski definition) is 2. The highest BCUT2D eigenvalue weighted by atomic mass is 16.3. The second-order valence-electron chi connectivity index (χ2n) is 5.01. The number of hydrogen-bond donors (Lipinski definition) is 1. The van der Waals surface area contributed by atoms with Gasteiger partial charge in [0.2, 0.25) is 0 Å². The fraction of sp³-hybridized carbons (Fsp3) is 0.692. The largest absolute Gasteiger partial charge is 0.469 e. The van der Waals surface area contributed by atoms with Crippen LogP contribution in [-0.4, -0.2) is 6.54 Å². The summed E-state index contributed by atoms with van der Waals surface area (Å²) in [5.74, 6) is 1.22. The molecular formula is C13H19NO. The van der Waals surface area contributed by atoms with Crippen molar-refractivity contribution in [2.45, 2.75) is 45.1 Å². The summed E-state index contributed by atoms with van der Waals surface area (Å²) in [5.41, 5.74) is 1.96. The minimum absolute atomic E-state index is 0.527. The number of rotatable bonds is 2. The quantitative estimate of drug-likeness (QED) is 0.802. The Bertz CT molecular complexity index is 346. The second kappa shape index (κ2) is 3.38. The molecule has 0 bridgehead atoms. The number of furan rings is 1. The zero-order valence-corrected chi connectivity index (χ0v) is 9.38. The highest BCUT2D eigenvalue weighted by Gasteiger charge is 2.45. The first-order valence-corrected chi connectivity index (χ1v) is 6.15. The molecule has 82 valence electrons. The molecule has 1 aromatic heterocycles. The minimum Gasteiger partial charge on any atom is -0.469 e. The number of fused-ring (bicyclic) bond motifs is 1. The Morgan fingerprint density at radius 2 is 2.40 bits per heavy atom. The monoisotopic (exact) mass is 205 g/mol. The van der Waals surface area contributed by atoms with Crippen LogP contribution in [0.1, 0.15) is 50.0 Å². The van der Waals surface area contributed by atoms with Crippen molar-refractivity contribution in [1.29, 1.82) is 0 Å². The first-order chi connectivity index (χ1) is 7.36. The van der Waals surface area contributed by atoms with Crippen molar-refractivity contribution in [1.82, 2.24) is 5.32 Å². The molecule has 0 saturated heterocycles. The summed E-state index contributed by atoms with van der Waals surface area (Å²) in [5, 5.41) is 3.70. The molecule has 1 saturated carbocycles. The van der Waals surface area contributed by atoms with Crippen LogP contribution in [0, 0.1) is 5.41 Å². The lowest BCUT2D eigenvalue weighted by Gasteiger charge is -2.49. The summed E-state index contributed by atoms with van der Waals surface area (Å²) in [6.45, 7) is 3.40. The zero-order chi connectivity index (χ0) is 10.3. The molecule has 0 radical (unpaired) electrons. The van der Waals surface area contributed by atoms with Crippen LogP contribution in [0.25, 0.3) is 0 Å². The Labute approximate surface area is 91.0 Å². The molecule has 1 aliphatic heterocycles. The van der Waals surface area contributed by atoms with Gasteiger partial charge in [0.25, 0.3) is 0 Å². The van der Waals surface area contributed by atoms with Crippen LogP contribution < -0.4 is 5.32 Å². The fourth-order valence-electron chi connectivity index (χ4n) is 3.27. The first-order valence-electron chi connectivity index (χ1n) is 6.15. The summed E-state index contributed by atoms with van der Waals surface area (Å²) in [6, 6.07) is 2.72. The summed E-state index contributed by atoms with van der Waals surface area (Å²) in [7, 11) is 0. The Morgan fingerprint density at radius 1 is 1.53 bits per heavy atom. The third-order valence-corrected chi connectivity index (χ3v) is 4.46. The van der Waals surface area contributed by atoms with Crippen molar-refractivity contribution in [3.63, 3.8) is 0 Å². The molecule has 1 aliphatic carbocycles. The summed E-state index contributed by atoms with van der Waals surface area (Å²) < 4.78 is 5.55. The van der Waals surface area contributed by atoms with E-state index in [4.69, 9.17) is 4.42 Å². The molecule has 2 aliphatic rings. The van der Waals surface area contributed by atoms with E-state index in [1.54, 1.807) is 0 Å². The molecule has 1 fully saturated rings. The van der Waals surface area contributed by atoms with Gasteiger partial charge in [-0.25, -0.2) is 0 Å². The van der Waals surface area contributed by atoms with Crippen LogP contribution >= 0.6 is 0 Å². The van der Waals surface area contributed by atoms with Crippen LogP contribution in [0.2, 0.25) is 0 Å². The molecule has 1 aromatic rings. The van der Waals surface area contributed by atoms with E-state index in [9.17, 15) is 0 Å². The average Bonchev–Trinajstić information content (AvgIpc) is 2.65. The molecule has 1 N–H and O–H groups in total. The highest BCUT2D eigenvalue weighted by molar-refractivity contribution is 5.27. The van der Waals surface area contributed by atoms with E-state index < -0.39 is 0 Å². The predicted molar refractivity (Wildman–Crippen MR) is 59.7 cm³/mol. The van der Waals surface area contributed by atoms with Gasteiger partial charge >= 0.3 is 0 Å². The van der Waals surface area contributed by atoms with Gasteiger partial charge in [-0.3, -0.25) is 0 Å². The van der Waals surface area contributed by atoms with E-state index in [0.717, 1.165) is 13.0 Å². The van der Waals surface area contributed by atoms with E-state index >= 15 is 0 Å². The van der Waals surface area contributed by atoms with Crippen molar-refractivity contribution < 1.29 is 4.42 Å². The SMILES string of the molecule is CCC1(C2NCCc3occc32)CCC1. The van der Waals surface area contributed by atoms with Gasteiger partial charge in [0.15, 0.2) is 0 Å². The van der Waals surface area contributed by atoms with E-state index in [0.29, 0.717) is 11.5 Å². The van der Waals surface area contributed by atoms with Crippen molar-refractivity contribution in [3.8, 4) is 0 Å². The third-order valence-electron chi connectivity index (χ3n) is 4.46. The fourth-order valence-corrected chi connectivity index (χ4v) is 3.27. The second-order valence-corrected chi connectivity index (χ2v) is 5.01. The normalized spacial score (nSPS) is 28.2. The van der Waals surface area contributed by atoms with Crippen LogP contribution in [0.4, 0.5) is 0 Å². The van der Waals surface area contributed by atoms with E-state index in [1.807, 2.05) is 6.26 Å². The minimum atomic E-state index is 0.527. The Hall–Kier alpha value is -0.760. The predicted octanol–water partition coefficient (Wildman–Crippen LogP) is 3.05. The van der Waals surface area contributed by atoms with E-state index in [1.165, 1.54) is 37.0 Å². The molecule has 0 aromatic carbocycles. The molecule has 2 nitrogen and oxygen atoms in total. The smallest absolute Gasteiger partial charge is 0.109 e. The molecule has 2 heterocycles. The molecule has 2 heteroatoms. The highest BCUT2D eigenvalue weighted by Crippen LogP contribution is 2.53. The van der Waals surface area contributed by atoms with Crippen molar-refractivity contribution in [3.05, 3.63) is 23.7 Å². The molecule has 0 spiro atoms. The maximum absolute atomic E-state index is 5.55. The lowest BCUT2D eigenvalue weighted by Crippen LogP contribution is -2.45. The molecule has 1 unspecified atom stereocenters. The van der Waals surface area contributed by atoms with Crippen LogP contribution in [0.5, 0.6) is 0 Å². The van der Waals surface area contributed by atoms with Crippen LogP contribution in [-0.2, 0) is 6.42 Å². The summed E-state index contributed by atoms with van der Waals surface area (Å²) in [4.78, 5) is 0. The van der Waals surface area contributed by atoms with E-state index in [2.05, 4.69) is 18.3 Å². The van der Waals surface area contributed by atoms with Gasteiger partial charge < -0.3 is 9.73 Å². The lowest BCUT2D eigenvalue weighted by atomic mass is 9.60. The van der Waals surface area contributed by atoms with Crippen molar-refractivity contribution in [2.75, 3.05) is 6.54 Å². The van der Waals surface area contributed by atoms with Crippen molar-refractivity contribution in [2.24, 2.45) is 5.41 Å². The van der Waals surface area contributed by atoms with Gasteiger partial charge in [-0.15, -0.1) is 0 Å². The molecule has 15 heavy (non-hydrogen) atoms. The number of nitrogens with one attached hydrogen (secondary N) is 1. The Balaban J connectivity index is 1.95. The topological polar surface area (TPSA) is 25.2 Å². The molecular weight excluding hydrogens is 186 g/mol. The standard InChI is InChI=1S/C13H19NO/c1-2-13(6-3-7-13)12-10-5-9-15-11(10)4-8-14-12/h5,9,12,14H,2-4,6-8H2,1H3.